The van der Waals surface area contributed by atoms with Crippen LogP contribution in [0.25, 0.3) is 0 Å². The summed E-state index contributed by atoms with van der Waals surface area (Å²) in [5.74, 6) is 0. The lowest BCUT2D eigenvalue weighted by Crippen LogP contribution is -2.21. The second-order valence-corrected chi connectivity index (χ2v) is 3.37. The van der Waals surface area contributed by atoms with Crippen LogP contribution < -0.4 is 0 Å². The minimum absolute atomic E-state index is 0.112. The van der Waals surface area contributed by atoms with E-state index >= 15 is 0 Å². The number of hydrogen-bond donors (Lipinski definition) is 0. The molecular weight excluding hydrogens is 198 g/mol. The Bertz CT molecular complexity index is 116. The molecule has 5 heteroatoms. The lowest BCUT2D eigenvalue weighted by Gasteiger charge is -2.15. The highest BCUT2D eigenvalue weighted by atomic mass is 19.3. The molecule has 0 unspecified atom stereocenters. The van der Waals surface area contributed by atoms with Crippen molar-refractivity contribution in [2.75, 3.05) is 20.1 Å². The van der Waals surface area contributed by atoms with Crippen LogP contribution in [0.2, 0.25) is 0 Å². The van der Waals surface area contributed by atoms with Crippen LogP contribution in [0.1, 0.15) is 25.7 Å². The first kappa shape index (κ1) is 13.7. The Morgan fingerprint density at radius 2 is 1.21 bits per heavy atom. The van der Waals surface area contributed by atoms with E-state index in [0.717, 1.165) is 0 Å². The summed E-state index contributed by atoms with van der Waals surface area (Å²) in [4.78, 5) is 1.81. The topological polar surface area (TPSA) is 3.24 Å². The number of hydrogen-bond acceptors (Lipinski definition) is 1. The Morgan fingerprint density at radius 1 is 0.857 bits per heavy atom. The smallest absolute Gasteiger partial charge is 0.238 e. The second kappa shape index (κ2) is 8.03. The maximum atomic E-state index is 11.7. The molecule has 0 atom stereocenters. The van der Waals surface area contributed by atoms with Crippen LogP contribution in [0.15, 0.2) is 0 Å². The minimum atomic E-state index is -2.26. The molecule has 0 amide bonds. The molecule has 0 aromatic heterocycles. The van der Waals surface area contributed by atoms with Gasteiger partial charge in [-0.3, -0.25) is 0 Å². The van der Waals surface area contributed by atoms with Gasteiger partial charge in [-0.15, -0.1) is 0 Å². The Labute approximate surface area is 82.1 Å². The van der Waals surface area contributed by atoms with Crippen LogP contribution in [0.3, 0.4) is 0 Å². The summed E-state index contributed by atoms with van der Waals surface area (Å²) in [6.45, 7) is 1.10. The molecule has 0 fully saturated rings. The number of halogens is 4. The number of alkyl halides is 4. The van der Waals surface area contributed by atoms with Crippen LogP contribution in [0.5, 0.6) is 0 Å². The second-order valence-electron chi connectivity index (χ2n) is 3.37. The summed E-state index contributed by atoms with van der Waals surface area (Å²) < 4.78 is 46.9. The molecule has 0 rings (SSSR count). The van der Waals surface area contributed by atoms with E-state index < -0.39 is 12.9 Å². The standard InChI is InChI=1S/C9H17F4N/c1-14(6-2-4-8(10)11)7-3-5-9(12)13/h8-9H,2-7H2,1H3. The van der Waals surface area contributed by atoms with Crippen molar-refractivity contribution >= 4 is 0 Å². The summed E-state index contributed by atoms with van der Waals surface area (Å²) in [5.41, 5.74) is 0. The zero-order chi connectivity index (χ0) is 11.0. The van der Waals surface area contributed by atoms with Crippen LogP contribution in [-0.2, 0) is 0 Å². The van der Waals surface area contributed by atoms with Crippen molar-refractivity contribution in [1.29, 1.82) is 0 Å². The van der Waals surface area contributed by atoms with Crippen molar-refractivity contribution in [2.45, 2.75) is 38.5 Å². The zero-order valence-corrected chi connectivity index (χ0v) is 8.36. The molecule has 86 valence electrons. The van der Waals surface area contributed by atoms with Gasteiger partial charge in [0.2, 0.25) is 12.9 Å². The summed E-state index contributed by atoms with van der Waals surface area (Å²) in [7, 11) is 1.76. The average molecular weight is 215 g/mol. The van der Waals surface area contributed by atoms with Gasteiger partial charge < -0.3 is 4.90 Å². The predicted molar refractivity (Wildman–Crippen MR) is 48.0 cm³/mol. The van der Waals surface area contributed by atoms with Gasteiger partial charge in [0.05, 0.1) is 0 Å². The summed E-state index contributed by atoms with van der Waals surface area (Å²) >= 11 is 0. The largest absolute Gasteiger partial charge is 0.306 e. The average Bonchev–Trinajstić information content (AvgIpc) is 2.02. The molecule has 0 aliphatic rings. The minimum Gasteiger partial charge on any atom is -0.306 e. The van der Waals surface area contributed by atoms with Crippen molar-refractivity contribution in [3.8, 4) is 0 Å². The lowest BCUT2D eigenvalue weighted by atomic mass is 10.2. The Balaban J connectivity index is 3.23. The normalized spacial score (nSPS) is 12.0. The summed E-state index contributed by atoms with van der Waals surface area (Å²) in [6, 6.07) is 0. The molecule has 0 saturated carbocycles. The fourth-order valence-corrected chi connectivity index (χ4v) is 1.14. The molecule has 14 heavy (non-hydrogen) atoms. The van der Waals surface area contributed by atoms with E-state index in [1.807, 2.05) is 4.90 Å². The quantitative estimate of drug-likeness (QED) is 0.562. The van der Waals surface area contributed by atoms with E-state index in [1.54, 1.807) is 7.05 Å². The van der Waals surface area contributed by atoms with Crippen molar-refractivity contribution in [3.63, 3.8) is 0 Å². The summed E-state index contributed by atoms with van der Waals surface area (Å²) in [5, 5.41) is 0. The van der Waals surface area contributed by atoms with Gasteiger partial charge >= 0.3 is 0 Å². The zero-order valence-electron chi connectivity index (χ0n) is 8.36. The van der Waals surface area contributed by atoms with E-state index in [2.05, 4.69) is 0 Å². The Kier molecular flexibility index (Phi) is 7.84. The van der Waals surface area contributed by atoms with Gasteiger partial charge in [-0.2, -0.15) is 0 Å². The Morgan fingerprint density at radius 3 is 1.50 bits per heavy atom. The molecule has 1 nitrogen and oxygen atoms in total. The molecule has 0 saturated heterocycles. The van der Waals surface area contributed by atoms with Crippen LogP contribution >= 0.6 is 0 Å². The monoisotopic (exact) mass is 215 g/mol. The molecule has 0 bridgehead atoms. The van der Waals surface area contributed by atoms with Crippen molar-refractivity contribution < 1.29 is 17.6 Å². The van der Waals surface area contributed by atoms with Gasteiger partial charge in [-0.25, -0.2) is 17.6 Å². The van der Waals surface area contributed by atoms with Crippen molar-refractivity contribution in [1.82, 2.24) is 4.90 Å². The van der Waals surface area contributed by atoms with Crippen LogP contribution in [-0.4, -0.2) is 37.9 Å². The third-order valence-electron chi connectivity index (χ3n) is 1.92. The van der Waals surface area contributed by atoms with Crippen molar-refractivity contribution in [2.24, 2.45) is 0 Å². The van der Waals surface area contributed by atoms with Crippen molar-refractivity contribution in [3.05, 3.63) is 0 Å². The fraction of sp³-hybridized carbons (Fsp3) is 1.00. The van der Waals surface area contributed by atoms with Gasteiger partial charge in [0.1, 0.15) is 0 Å². The van der Waals surface area contributed by atoms with Crippen LogP contribution in [0, 0.1) is 0 Å². The van der Waals surface area contributed by atoms with Gasteiger partial charge in [0, 0.05) is 12.8 Å². The predicted octanol–water partition coefficient (Wildman–Crippen LogP) is 3.01. The van der Waals surface area contributed by atoms with E-state index in [-0.39, 0.29) is 12.8 Å². The van der Waals surface area contributed by atoms with Gasteiger partial charge in [0.25, 0.3) is 0 Å². The first-order chi connectivity index (χ1) is 6.52. The SMILES string of the molecule is CN(CCCC(F)F)CCCC(F)F. The van der Waals surface area contributed by atoms with E-state index in [4.69, 9.17) is 0 Å². The molecule has 0 heterocycles. The highest BCUT2D eigenvalue weighted by Gasteiger charge is 2.05. The molecule has 0 spiro atoms. The third-order valence-corrected chi connectivity index (χ3v) is 1.92. The molecule has 0 aliphatic carbocycles. The lowest BCUT2D eigenvalue weighted by molar-refractivity contribution is 0.123. The van der Waals surface area contributed by atoms with E-state index in [9.17, 15) is 17.6 Å². The highest BCUT2D eigenvalue weighted by molar-refractivity contribution is 4.54. The molecule has 0 N–H and O–H groups in total. The maximum Gasteiger partial charge on any atom is 0.238 e. The fourth-order valence-electron chi connectivity index (χ4n) is 1.14. The third kappa shape index (κ3) is 9.77. The van der Waals surface area contributed by atoms with Gasteiger partial charge in [0.15, 0.2) is 0 Å². The van der Waals surface area contributed by atoms with Crippen LogP contribution in [0.4, 0.5) is 17.6 Å². The molecule has 0 aromatic rings. The van der Waals surface area contributed by atoms with E-state index in [0.29, 0.717) is 25.9 Å². The van der Waals surface area contributed by atoms with Gasteiger partial charge in [-0.1, -0.05) is 0 Å². The summed E-state index contributed by atoms with van der Waals surface area (Å²) in [6.07, 6.45) is -3.90. The highest BCUT2D eigenvalue weighted by Crippen LogP contribution is 2.06. The van der Waals surface area contributed by atoms with E-state index in [1.165, 1.54) is 0 Å². The molecule has 0 aromatic carbocycles. The first-order valence-corrected chi connectivity index (χ1v) is 4.77. The Hall–Kier alpha value is -0.320. The molecule has 0 radical (unpaired) electrons. The molecule has 0 aliphatic heterocycles. The van der Waals surface area contributed by atoms with Gasteiger partial charge in [-0.05, 0) is 33.0 Å². The molecular formula is C9H17F4N. The first-order valence-electron chi connectivity index (χ1n) is 4.77. The maximum absolute atomic E-state index is 11.7. The number of nitrogens with zero attached hydrogens (tertiary/aromatic N) is 1. The number of rotatable bonds is 8.